The lowest BCUT2D eigenvalue weighted by Crippen LogP contribution is -2.17. The molecule has 2 atom stereocenters. The molecule has 0 amide bonds. The Morgan fingerprint density at radius 3 is 2.93 bits per heavy atom. The lowest BCUT2D eigenvalue weighted by Gasteiger charge is -2.12. The molecule has 0 saturated heterocycles. The summed E-state index contributed by atoms with van der Waals surface area (Å²) < 4.78 is 5.20. The Hall–Kier alpha value is -0.670. The largest absolute Gasteiger partial charge is 0.497 e. The van der Waals surface area contributed by atoms with Crippen molar-refractivity contribution >= 4 is 11.8 Å². The highest BCUT2D eigenvalue weighted by molar-refractivity contribution is 8.00. The smallest absolute Gasteiger partial charge is 0.119 e. The molecule has 1 aromatic rings. The second-order valence-electron chi connectivity index (χ2n) is 3.57. The predicted octanol–water partition coefficient (Wildman–Crippen LogP) is 2.23. The second-order valence-corrected chi connectivity index (χ2v) is 4.99. The first-order chi connectivity index (χ1) is 6.76. The van der Waals surface area contributed by atoms with E-state index in [2.05, 4.69) is 19.1 Å². The summed E-state index contributed by atoms with van der Waals surface area (Å²) in [6.45, 7) is 2.96. The zero-order chi connectivity index (χ0) is 10.1. The number of hydrogen-bond donors (Lipinski definition) is 1. The summed E-state index contributed by atoms with van der Waals surface area (Å²) in [5.74, 6) is 1.43. The van der Waals surface area contributed by atoms with E-state index in [0.29, 0.717) is 11.2 Å². The molecule has 2 unspecified atom stereocenters. The van der Waals surface area contributed by atoms with Crippen molar-refractivity contribution in [2.24, 2.45) is 5.73 Å². The first-order valence-electron chi connectivity index (χ1n) is 4.81. The summed E-state index contributed by atoms with van der Waals surface area (Å²) in [7, 11) is 1.70. The fraction of sp³-hybridized carbons (Fsp3) is 0.455. The predicted molar refractivity (Wildman–Crippen MR) is 60.1 cm³/mol. The molecular weight excluding hydrogens is 194 g/mol. The average Bonchev–Trinajstić information content (AvgIpc) is 2.51. The number of fused-ring (bicyclic) bond motifs is 1. The molecule has 0 aliphatic carbocycles. The standard InChI is InChI=1S/C11H15NOS/c1-7-10(6-12)9-4-3-8(13-2)5-11(9)14-7/h3-5,7,10H,6,12H2,1-2H3. The third-order valence-electron chi connectivity index (χ3n) is 2.75. The number of thioether (sulfide) groups is 1. The van der Waals surface area contributed by atoms with E-state index in [0.717, 1.165) is 12.3 Å². The number of nitrogens with two attached hydrogens (primary N) is 1. The minimum absolute atomic E-state index is 0.501. The molecule has 1 aliphatic heterocycles. The van der Waals surface area contributed by atoms with E-state index in [1.165, 1.54) is 10.5 Å². The number of rotatable bonds is 2. The summed E-state index contributed by atoms with van der Waals surface area (Å²) in [4.78, 5) is 1.33. The van der Waals surface area contributed by atoms with Crippen LogP contribution in [0.5, 0.6) is 5.75 Å². The Balaban J connectivity index is 2.37. The summed E-state index contributed by atoms with van der Waals surface area (Å²) in [6.07, 6.45) is 0. The van der Waals surface area contributed by atoms with Crippen molar-refractivity contribution in [1.82, 2.24) is 0 Å². The molecule has 0 aromatic heterocycles. The molecular formula is C11H15NOS. The molecule has 0 fully saturated rings. The number of ether oxygens (including phenoxy) is 1. The van der Waals surface area contributed by atoms with Gasteiger partial charge in [-0.25, -0.2) is 0 Å². The molecule has 0 radical (unpaired) electrons. The minimum atomic E-state index is 0.501. The van der Waals surface area contributed by atoms with Crippen LogP contribution < -0.4 is 10.5 Å². The molecule has 1 aliphatic rings. The minimum Gasteiger partial charge on any atom is -0.497 e. The van der Waals surface area contributed by atoms with E-state index in [1.54, 1.807) is 7.11 Å². The van der Waals surface area contributed by atoms with Gasteiger partial charge in [-0.2, -0.15) is 0 Å². The van der Waals surface area contributed by atoms with Crippen LogP contribution in [0.4, 0.5) is 0 Å². The van der Waals surface area contributed by atoms with Crippen molar-refractivity contribution in [2.45, 2.75) is 23.0 Å². The van der Waals surface area contributed by atoms with E-state index < -0.39 is 0 Å². The molecule has 0 bridgehead atoms. The Kier molecular flexibility index (Phi) is 2.70. The van der Waals surface area contributed by atoms with E-state index in [-0.39, 0.29) is 0 Å². The zero-order valence-electron chi connectivity index (χ0n) is 8.49. The topological polar surface area (TPSA) is 35.2 Å². The van der Waals surface area contributed by atoms with E-state index >= 15 is 0 Å². The molecule has 2 rings (SSSR count). The van der Waals surface area contributed by atoms with Gasteiger partial charge < -0.3 is 10.5 Å². The summed E-state index contributed by atoms with van der Waals surface area (Å²) in [6, 6.07) is 6.26. The Morgan fingerprint density at radius 1 is 1.50 bits per heavy atom. The Bertz CT molecular complexity index is 340. The molecule has 2 nitrogen and oxygen atoms in total. The van der Waals surface area contributed by atoms with Crippen LogP contribution in [0.3, 0.4) is 0 Å². The first kappa shape index (κ1) is 9.87. The maximum absolute atomic E-state index is 5.77. The summed E-state index contributed by atoms with van der Waals surface area (Å²) in [5.41, 5.74) is 7.15. The van der Waals surface area contributed by atoms with Gasteiger partial charge in [0.05, 0.1) is 7.11 Å². The van der Waals surface area contributed by atoms with Crippen LogP contribution >= 0.6 is 11.8 Å². The van der Waals surface area contributed by atoms with Gasteiger partial charge in [0.25, 0.3) is 0 Å². The van der Waals surface area contributed by atoms with Gasteiger partial charge in [-0.1, -0.05) is 13.0 Å². The van der Waals surface area contributed by atoms with Crippen LogP contribution in [0.2, 0.25) is 0 Å². The lowest BCUT2D eigenvalue weighted by atomic mass is 9.97. The van der Waals surface area contributed by atoms with Gasteiger partial charge in [-0.3, -0.25) is 0 Å². The van der Waals surface area contributed by atoms with Crippen molar-refractivity contribution in [2.75, 3.05) is 13.7 Å². The van der Waals surface area contributed by atoms with Gasteiger partial charge in [-0.15, -0.1) is 11.8 Å². The molecule has 0 spiro atoms. The number of benzene rings is 1. The third kappa shape index (κ3) is 1.51. The average molecular weight is 209 g/mol. The molecule has 3 heteroatoms. The first-order valence-corrected chi connectivity index (χ1v) is 5.69. The molecule has 1 aromatic carbocycles. The highest BCUT2D eigenvalue weighted by Crippen LogP contribution is 2.45. The van der Waals surface area contributed by atoms with Gasteiger partial charge in [-0.05, 0) is 17.7 Å². The van der Waals surface area contributed by atoms with Gasteiger partial charge >= 0.3 is 0 Å². The highest BCUT2D eigenvalue weighted by Gasteiger charge is 2.29. The van der Waals surface area contributed by atoms with Crippen molar-refractivity contribution in [3.8, 4) is 5.75 Å². The van der Waals surface area contributed by atoms with Crippen LogP contribution in [0.25, 0.3) is 0 Å². The maximum Gasteiger partial charge on any atom is 0.119 e. The third-order valence-corrected chi connectivity index (χ3v) is 4.06. The molecule has 0 saturated carbocycles. The number of hydrogen-bond acceptors (Lipinski definition) is 3. The van der Waals surface area contributed by atoms with Crippen molar-refractivity contribution in [3.05, 3.63) is 23.8 Å². The van der Waals surface area contributed by atoms with Crippen LogP contribution in [0.1, 0.15) is 18.4 Å². The van der Waals surface area contributed by atoms with Crippen LogP contribution in [-0.4, -0.2) is 18.9 Å². The van der Waals surface area contributed by atoms with Gasteiger partial charge in [0.2, 0.25) is 0 Å². The molecule has 2 N–H and O–H groups in total. The maximum atomic E-state index is 5.77. The highest BCUT2D eigenvalue weighted by atomic mass is 32.2. The van der Waals surface area contributed by atoms with E-state index in [9.17, 15) is 0 Å². The Morgan fingerprint density at radius 2 is 2.29 bits per heavy atom. The molecule has 76 valence electrons. The zero-order valence-corrected chi connectivity index (χ0v) is 9.30. The lowest BCUT2D eigenvalue weighted by molar-refractivity contribution is 0.413. The van der Waals surface area contributed by atoms with Crippen LogP contribution in [-0.2, 0) is 0 Å². The number of methoxy groups -OCH3 is 1. The quantitative estimate of drug-likeness (QED) is 0.811. The fourth-order valence-electron chi connectivity index (χ4n) is 1.90. The van der Waals surface area contributed by atoms with Crippen molar-refractivity contribution in [3.63, 3.8) is 0 Å². The fourth-order valence-corrected chi connectivity index (χ4v) is 3.27. The second kappa shape index (κ2) is 3.83. The SMILES string of the molecule is COc1ccc2c(c1)SC(C)C2CN. The molecule has 14 heavy (non-hydrogen) atoms. The van der Waals surface area contributed by atoms with Crippen molar-refractivity contribution < 1.29 is 4.74 Å². The normalized spacial score (nSPS) is 24.8. The summed E-state index contributed by atoms with van der Waals surface area (Å²) in [5, 5.41) is 0.585. The molecule has 1 heterocycles. The Labute approximate surface area is 88.8 Å². The van der Waals surface area contributed by atoms with Crippen molar-refractivity contribution in [1.29, 1.82) is 0 Å². The van der Waals surface area contributed by atoms with Crippen LogP contribution in [0.15, 0.2) is 23.1 Å². The van der Waals surface area contributed by atoms with Crippen LogP contribution in [0, 0.1) is 0 Å². The van der Waals surface area contributed by atoms with Gasteiger partial charge in [0.15, 0.2) is 0 Å². The van der Waals surface area contributed by atoms with Gasteiger partial charge in [0.1, 0.15) is 5.75 Å². The summed E-state index contributed by atoms with van der Waals surface area (Å²) >= 11 is 1.89. The van der Waals surface area contributed by atoms with E-state index in [4.69, 9.17) is 10.5 Å². The monoisotopic (exact) mass is 209 g/mol. The van der Waals surface area contributed by atoms with Gasteiger partial charge in [0, 0.05) is 22.6 Å². The van der Waals surface area contributed by atoms with E-state index in [1.807, 2.05) is 17.8 Å².